The third-order valence-electron chi connectivity index (χ3n) is 5.28. The number of hydrogen-bond acceptors (Lipinski definition) is 3. The van der Waals surface area contributed by atoms with Crippen LogP contribution in [0.25, 0.3) is 0 Å². The third kappa shape index (κ3) is 4.01. The number of para-hydroxylation sites is 1. The number of benzene rings is 3. The molecule has 4 nitrogen and oxygen atoms in total. The van der Waals surface area contributed by atoms with Gasteiger partial charge in [-0.15, -0.1) is 0 Å². The molecule has 1 amide bonds. The summed E-state index contributed by atoms with van der Waals surface area (Å²) in [7, 11) is 0. The van der Waals surface area contributed by atoms with Crippen molar-refractivity contribution in [1.82, 2.24) is 0 Å². The number of hydrogen-bond donors (Lipinski definition) is 1. The van der Waals surface area contributed by atoms with Crippen LogP contribution in [0.3, 0.4) is 0 Å². The number of nitrogens with zero attached hydrogens (tertiary/aromatic N) is 2. The van der Waals surface area contributed by atoms with Gasteiger partial charge in [0.05, 0.1) is 0 Å². The van der Waals surface area contributed by atoms with Crippen molar-refractivity contribution < 1.29 is 4.79 Å². The average molecular weight is 371 g/mol. The SMILES string of the molecule is Cc1ccccc1C(=O)Nc1ccc(N2CCN(c3ccccc3)CC2)cc1. The molecular formula is C24H25N3O. The van der Waals surface area contributed by atoms with E-state index in [1.54, 1.807) is 0 Å². The number of amides is 1. The van der Waals surface area contributed by atoms with E-state index in [1.165, 1.54) is 11.4 Å². The lowest BCUT2D eigenvalue weighted by atomic mass is 10.1. The van der Waals surface area contributed by atoms with E-state index in [2.05, 4.69) is 57.6 Å². The summed E-state index contributed by atoms with van der Waals surface area (Å²) in [6.45, 7) is 5.95. The van der Waals surface area contributed by atoms with Crippen LogP contribution in [0.5, 0.6) is 0 Å². The summed E-state index contributed by atoms with van der Waals surface area (Å²) >= 11 is 0. The van der Waals surface area contributed by atoms with Gasteiger partial charge in [-0.1, -0.05) is 36.4 Å². The highest BCUT2D eigenvalue weighted by molar-refractivity contribution is 6.05. The molecule has 3 aromatic rings. The number of anilines is 3. The van der Waals surface area contributed by atoms with E-state index in [4.69, 9.17) is 0 Å². The minimum atomic E-state index is -0.0673. The number of nitrogens with one attached hydrogen (secondary N) is 1. The number of piperazine rings is 1. The fourth-order valence-electron chi connectivity index (χ4n) is 3.64. The van der Waals surface area contributed by atoms with Gasteiger partial charge in [0.15, 0.2) is 0 Å². The standard InChI is InChI=1S/C24H25N3O/c1-19-7-5-6-10-23(19)24(28)25-20-11-13-22(14-12-20)27-17-15-26(16-18-27)21-8-3-2-4-9-21/h2-14H,15-18H2,1H3,(H,25,28). The van der Waals surface area contributed by atoms with Gasteiger partial charge in [0, 0.05) is 48.8 Å². The van der Waals surface area contributed by atoms with Gasteiger partial charge in [-0.05, 0) is 55.0 Å². The first kappa shape index (κ1) is 18.1. The fraction of sp³-hybridized carbons (Fsp3) is 0.208. The van der Waals surface area contributed by atoms with E-state index < -0.39 is 0 Å². The molecule has 4 rings (SSSR count). The van der Waals surface area contributed by atoms with Crippen LogP contribution in [-0.2, 0) is 0 Å². The molecule has 1 aliphatic heterocycles. The number of carbonyl (C=O) groups excluding carboxylic acids is 1. The normalized spacial score (nSPS) is 14.0. The lowest BCUT2D eigenvalue weighted by Gasteiger charge is -2.37. The van der Waals surface area contributed by atoms with Gasteiger partial charge in [-0.3, -0.25) is 4.79 Å². The van der Waals surface area contributed by atoms with Gasteiger partial charge in [0.25, 0.3) is 5.91 Å². The fourth-order valence-corrected chi connectivity index (χ4v) is 3.64. The highest BCUT2D eigenvalue weighted by atomic mass is 16.1. The second-order valence-electron chi connectivity index (χ2n) is 7.13. The van der Waals surface area contributed by atoms with Crippen molar-refractivity contribution in [2.24, 2.45) is 0 Å². The summed E-state index contributed by atoms with van der Waals surface area (Å²) in [5.74, 6) is -0.0673. The lowest BCUT2D eigenvalue weighted by molar-refractivity contribution is 0.102. The molecule has 0 unspecified atom stereocenters. The second kappa shape index (κ2) is 8.17. The molecular weight excluding hydrogens is 346 g/mol. The van der Waals surface area contributed by atoms with Crippen molar-refractivity contribution in [3.63, 3.8) is 0 Å². The predicted octanol–water partition coefficient (Wildman–Crippen LogP) is 4.57. The summed E-state index contributed by atoms with van der Waals surface area (Å²) in [5, 5.41) is 2.99. The van der Waals surface area contributed by atoms with Crippen molar-refractivity contribution in [2.75, 3.05) is 41.3 Å². The van der Waals surface area contributed by atoms with E-state index in [1.807, 2.05) is 43.3 Å². The van der Waals surface area contributed by atoms with Crippen molar-refractivity contribution in [1.29, 1.82) is 0 Å². The molecule has 4 heteroatoms. The zero-order valence-electron chi connectivity index (χ0n) is 16.1. The predicted molar refractivity (Wildman–Crippen MR) is 116 cm³/mol. The molecule has 1 N–H and O–H groups in total. The van der Waals surface area contributed by atoms with Crippen LogP contribution in [0.2, 0.25) is 0 Å². The maximum Gasteiger partial charge on any atom is 0.255 e. The molecule has 0 bridgehead atoms. The number of carbonyl (C=O) groups is 1. The van der Waals surface area contributed by atoms with Crippen molar-refractivity contribution in [2.45, 2.75) is 6.92 Å². The smallest absolute Gasteiger partial charge is 0.255 e. The third-order valence-corrected chi connectivity index (χ3v) is 5.28. The van der Waals surface area contributed by atoms with E-state index in [-0.39, 0.29) is 5.91 Å². The van der Waals surface area contributed by atoms with Crippen molar-refractivity contribution >= 4 is 23.0 Å². The molecule has 1 saturated heterocycles. The summed E-state index contributed by atoms with van der Waals surface area (Å²) in [6.07, 6.45) is 0. The zero-order chi connectivity index (χ0) is 19.3. The van der Waals surface area contributed by atoms with Gasteiger partial charge in [-0.2, -0.15) is 0 Å². The Hall–Kier alpha value is -3.27. The van der Waals surface area contributed by atoms with E-state index in [0.717, 1.165) is 37.4 Å². The van der Waals surface area contributed by atoms with E-state index in [0.29, 0.717) is 5.56 Å². The Bertz CT molecular complexity index is 930. The Morgan fingerprint density at radius 3 is 1.86 bits per heavy atom. The van der Waals surface area contributed by atoms with Crippen LogP contribution in [0.1, 0.15) is 15.9 Å². The molecule has 0 radical (unpaired) electrons. The maximum atomic E-state index is 12.5. The van der Waals surface area contributed by atoms with Crippen LogP contribution in [-0.4, -0.2) is 32.1 Å². The molecule has 0 spiro atoms. The van der Waals surface area contributed by atoms with Crippen LogP contribution in [0, 0.1) is 6.92 Å². The molecule has 28 heavy (non-hydrogen) atoms. The largest absolute Gasteiger partial charge is 0.368 e. The first-order valence-corrected chi connectivity index (χ1v) is 9.73. The zero-order valence-corrected chi connectivity index (χ0v) is 16.1. The monoisotopic (exact) mass is 371 g/mol. The van der Waals surface area contributed by atoms with Gasteiger partial charge in [0.2, 0.25) is 0 Å². The van der Waals surface area contributed by atoms with E-state index >= 15 is 0 Å². The molecule has 0 saturated carbocycles. The highest BCUT2D eigenvalue weighted by Gasteiger charge is 2.17. The van der Waals surface area contributed by atoms with Crippen molar-refractivity contribution in [3.05, 3.63) is 90.0 Å². The van der Waals surface area contributed by atoms with Gasteiger partial charge in [0.1, 0.15) is 0 Å². The lowest BCUT2D eigenvalue weighted by Crippen LogP contribution is -2.46. The Morgan fingerprint density at radius 1 is 0.714 bits per heavy atom. The quantitative estimate of drug-likeness (QED) is 0.729. The molecule has 0 aromatic heterocycles. The number of rotatable bonds is 4. The Balaban J connectivity index is 1.36. The summed E-state index contributed by atoms with van der Waals surface area (Å²) in [4.78, 5) is 17.3. The van der Waals surface area contributed by atoms with Crippen LogP contribution in [0.4, 0.5) is 17.1 Å². The molecule has 142 valence electrons. The topological polar surface area (TPSA) is 35.6 Å². The average Bonchev–Trinajstić information content (AvgIpc) is 2.75. The summed E-state index contributed by atoms with van der Waals surface area (Å²) < 4.78 is 0. The first-order valence-electron chi connectivity index (χ1n) is 9.73. The first-order chi connectivity index (χ1) is 13.7. The van der Waals surface area contributed by atoms with Crippen LogP contribution >= 0.6 is 0 Å². The minimum absolute atomic E-state index is 0.0673. The van der Waals surface area contributed by atoms with Crippen molar-refractivity contribution in [3.8, 4) is 0 Å². The molecule has 0 aliphatic carbocycles. The molecule has 3 aromatic carbocycles. The minimum Gasteiger partial charge on any atom is -0.368 e. The summed E-state index contributed by atoms with van der Waals surface area (Å²) in [5.41, 5.74) is 4.99. The van der Waals surface area contributed by atoms with E-state index in [9.17, 15) is 4.79 Å². The Labute approximate surface area is 166 Å². The highest BCUT2D eigenvalue weighted by Crippen LogP contribution is 2.22. The number of aryl methyl sites for hydroxylation is 1. The van der Waals surface area contributed by atoms with Crippen LogP contribution < -0.4 is 15.1 Å². The summed E-state index contributed by atoms with van der Waals surface area (Å²) in [6, 6.07) is 26.3. The second-order valence-corrected chi connectivity index (χ2v) is 7.13. The van der Waals surface area contributed by atoms with Crippen LogP contribution in [0.15, 0.2) is 78.9 Å². The Kier molecular flexibility index (Phi) is 5.29. The Morgan fingerprint density at radius 2 is 1.25 bits per heavy atom. The molecule has 0 atom stereocenters. The molecule has 1 heterocycles. The maximum absolute atomic E-state index is 12.5. The van der Waals surface area contributed by atoms with Gasteiger partial charge < -0.3 is 15.1 Å². The molecule has 1 aliphatic rings. The molecule has 1 fully saturated rings. The van der Waals surface area contributed by atoms with Gasteiger partial charge in [-0.25, -0.2) is 0 Å². The van der Waals surface area contributed by atoms with Gasteiger partial charge >= 0.3 is 0 Å².